The number of aliphatic carboxylic acids is 1. The number of carbonyl (C=O) groups is 1. The Morgan fingerprint density at radius 3 is 1.00 bits per heavy atom. The van der Waals surface area contributed by atoms with E-state index in [9.17, 15) is 4.79 Å². The first-order valence-electron chi connectivity index (χ1n) is 13.5. The van der Waals surface area contributed by atoms with E-state index in [4.69, 9.17) is 16.7 Å². The Morgan fingerprint density at radius 2 is 0.767 bits per heavy atom. The van der Waals surface area contributed by atoms with E-state index in [0.717, 1.165) is 18.7 Å². The van der Waals surface area contributed by atoms with Crippen LogP contribution in [0, 0.1) is 0 Å². The molecule has 0 saturated carbocycles. The predicted octanol–water partition coefficient (Wildman–Crippen LogP) is 10.3. The Morgan fingerprint density at radius 1 is 0.500 bits per heavy atom. The predicted molar refractivity (Wildman–Crippen MR) is 136 cm³/mol. The first-order valence-corrected chi connectivity index (χ1v) is 14.0. The lowest BCUT2D eigenvalue weighted by molar-refractivity contribution is -0.137. The van der Waals surface area contributed by atoms with Gasteiger partial charge in [-0.05, 0) is 12.8 Å². The Kier molecular flexibility index (Phi) is 33.0. The second-order valence-corrected chi connectivity index (χ2v) is 9.28. The van der Waals surface area contributed by atoms with Crippen molar-refractivity contribution in [3.8, 4) is 0 Å². The van der Waals surface area contributed by atoms with Crippen LogP contribution in [-0.2, 0) is 4.79 Å². The Bertz CT molecular complexity index is 303. The molecule has 0 aliphatic carbocycles. The lowest BCUT2D eigenvalue weighted by Crippen LogP contribution is -1.93. The van der Waals surface area contributed by atoms with E-state index in [1.807, 2.05) is 0 Å². The molecule has 0 heterocycles. The minimum atomic E-state index is -0.651. The van der Waals surface area contributed by atoms with Crippen LogP contribution in [0.5, 0.6) is 0 Å². The van der Waals surface area contributed by atoms with Crippen LogP contribution >= 0.6 is 11.6 Å². The third kappa shape index (κ3) is 35.2. The van der Waals surface area contributed by atoms with Crippen LogP contribution in [0.2, 0.25) is 0 Å². The van der Waals surface area contributed by atoms with Gasteiger partial charge in [0.25, 0.3) is 0 Å². The van der Waals surface area contributed by atoms with Crippen molar-refractivity contribution in [2.45, 2.75) is 162 Å². The van der Waals surface area contributed by atoms with E-state index >= 15 is 0 Å². The van der Waals surface area contributed by atoms with Gasteiger partial charge >= 0.3 is 5.97 Å². The average molecular weight is 447 g/mol. The molecule has 0 atom stereocenters. The monoisotopic (exact) mass is 446 g/mol. The van der Waals surface area contributed by atoms with E-state index < -0.39 is 5.97 Å². The van der Waals surface area contributed by atoms with E-state index in [0.29, 0.717) is 6.42 Å². The molecule has 0 aliphatic heterocycles. The third-order valence-corrected chi connectivity index (χ3v) is 6.00. The number of halogens is 1. The number of carboxylic acid groups (broad SMARTS) is 1. The molecule has 0 unspecified atom stereocenters. The molecule has 0 bridgehead atoms. The van der Waals surface area contributed by atoms with Crippen LogP contribution in [0.25, 0.3) is 0 Å². The van der Waals surface area contributed by atoms with E-state index in [2.05, 4.69) is 13.8 Å². The molecule has 182 valence electrons. The van der Waals surface area contributed by atoms with Crippen LogP contribution in [-0.4, -0.2) is 17.0 Å². The number of unbranched alkanes of at least 4 members (excludes halogenated alkanes) is 20. The van der Waals surface area contributed by atoms with Crippen molar-refractivity contribution in [3.63, 3.8) is 0 Å². The van der Waals surface area contributed by atoms with Gasteiger partial charge in [0.05, 0.1) is 0 Å². The van der Waals surface area contributed by atoms with Crippen molar-refractivity contribution in [1.29, 1.82) is 0 Å². The fourth-order valence-electron chi connectivity index (χ4n) is 3.70. The van der Waals surface area contributed by atoms with Crippen LogP contribution in [0.15, 0.2) is 0 Å². The van der Waals surface area contributed by atoms with Crippen molar-refractivity contribution in [1.82, 2.24) is 0 Å². The molecule has 0 aromatic heterocycles. The quantitative estimate of drug-likeness (QED) is 0.125. The fourth-order valence-corrected chi connectivity index (χ4v) is 3.89. The zero-order chi connectivity index (χ0) is 22.5. The molecule has 0 aromatic carbocycles. The summed E-state index contributed by atoms with van der Waals surface area (Å²) < 4.78 is 0. The van der Waals surface area contributed by atoms with Crippen molar-refractivity contribution >= 4 is 17.6 Å². The highest BCUT2D eigenvalue weighted by atomic mass is 35.5. The van der Waals surface area contributed by atoms with Crippen molar-refractivity contribution in [2.24, 2.45) is 0 Å². The van der Waals surface area contributed by atoms with Gasteiger partial charge in [0.2, 0.25) is 0 Å². The van der Waals surface area contributed by atoms with Crippen molar-refractivity contribution in [3.05, 3.63) is 0 Å². The molecule has 0 aromatic rings. The maximum Gasteiger partial charge on any atom is 0.303 e. The smallest absolute Gasteiger partial charge is 0.303 e. The summed E-state index contributed by atoms with van der Waals surface area (Å²) in [5, 5.41) is 8.56. The van der Waals surface area contributed by atoms with Gasteiger partial charge in [0, 0.05) is 12.3 Å². The summed E-state index contributed by atoms with van der Waals surface area (Å²) in [5.41, 5.74) is 0. The SMILES string of the molecule is CCCCCCCCCCCCCCCCCCCCCC(=O)O.CCCCCCl. The molecule has 0 aliphatic rings. The highest BCUT2D eigenvalue weighted by Crippen LogP contribution is 2.14. The first-order chi connectivity index (χ1) is 14.7. The van der Waals surface area contributed by atoms with Crippen LogP contribution in [0.1, 0.15) is 162 Å². The van der Waals surface area contributed by atoms with Crippen molar-refractivity contribution < 1.29 is 9.90 Å². The molecule has 0 amide bonds. The van der Waals surface area contributed by atoms with Gasteiger partial charge in [-0.2, -0.15) is 0 Å². The van der Waals surface area contributed by atoms with Gasteiger partial charge in [-0.15, -0.1) is 11.6 Å². The van der Waals surface area contributed by atoms with E-state index in [1.54, 1.807) is 0 Å². The maximum atomic E-state index is 10.4. The Balaban J connectivity index is 0. The molecule has 0 saturated heterocycles. The number of hydrogen-bond donors (Lipinski definition) is 1. The lowest BCUT2D eigenvalue weighted by atomic mass is 10.0. The summed E-state index contributed by atoms with van der Waals surface area (Å²) in [5.74, 6) is 0.176. The number of alkyl halides is 1. The summed E-state index contributed by atoms with van der Waals surface area (Å²) >= 11 is 5.38. The van der Waals surface area contributed by atoms with Gasteiger partial charge in [-0.1, -0.05) is 142 Å². The first kappa shape index (κ1) is 31.9. The van der Waals surface area contributed by atoms with Gasteiger partial charge in [0.15, 0.2) is 0 Å². The average Bonchev–Trinajstić information content (AvgIpc) is 2.74. The maximum absolute atomic E-state index is 10.4. The zero-order valence-corrected chi connectivity index (χ0v) is 21.5. The normalized spacial score (nSPS) is 10.6. The number of carboxylic acids is 1. The van der Waals surface area contributed by atoms with Crippen molar-refractivity contribution in [2.75, 3.05) is 5.88 Å². The number of hydrogen-bond acceptors (Lipinski definition) is 1. The Hall–Kier alpha value is -0.240. The fraction of sp³-hybridized carbons (Fsp3) is 0.963. The molecule has 0 spiro atoms. The van der Waals surface area contributed by atoms with E-state index in [-0.39, 0.29) is 0 Å². The van der Waals surface area contributed by atoms with Gasteiger partial charge in [0.1, 0.15) is 0 Å². The van der Waals surface area contributed by atoms with Crippen LogP contribution in [0.4, 0.5) is 0 Å². The lowest BCUT2D eigenvalue weighted by Gasteiger charge is -2.03. The molecule has 0 rings (SSSR count). The van der Waals surface area contributed by atoms with Gasteiger partial charge < -0.3 is 5.11 Å². The molecule has 3 heteroatoms. The minimum absolute atomic E-state index is 0.346. The molecular formula is C27H55ClO2. The van der Waals surface area contributed by atoms with Crippen LogP contribution in [0.3, 0.4) is 0 Å². The van der Waals surface area contributed by atoms with Crippen LogP contribution < -0.4 is 0 Å². The highest BCUT2D eigenvalue weighted by molar-refractivity contribution is 6.17. The molecule has 2 nitrogen and oxygen atoms in total. The zero-order valence-electron chi connectivity index (χ0n) is 20.7. The van der Waals surface area contributed by atoms with E-state index in [1.165, 1.54) is 128 Å². The Labute approximate surface area is 194 Å². The summed E-state index contributed by atoms with van der Waals surface area (Å²) in [7, 11) is 0. The van der Waals surface area contributed by atoms with Gasteiger partial charge in [-0.3, -0.25) is 4.79 Å². The summed E-state index contributed by atoms with van der Waals surface area (Å²) in [6.07, 6.45) is 29.8. The number of rotatable bonds is 23. The van der Waals surface area contributed by atoms with Gasteiger partial charge in [-0.25, -0.2) is 0 Å². The highest BCUT2D eigenvalue weighted by Gasteiger charge is 1.97. The summed E-state index contributed by atoms with van der Waals surface area (Å²) in [6, 6.07) is 0. The molecule has 1 N–H and O–H groups in total. The third-order valence-electron chi connectivity index (χ3n) is 5.73. The molecule has 30 heavy (non-hydrogen) atoms. The second-order valence-electron chi connectivity index (χ2n) is 8.90. The summed E-state index contributed by atoms with van der Waals surface area (Å²) in [6.45, 7) is 4.46. The second kappa shape index (κ2) is 30.9. The molecule has 0 radical (unpaired) electrons. The molecular weight excluding hydrogens is 392 g/mol. The standard InChI is InChI=1S/C22H44O2.C5H11Cl/c1-2-3-4-5-6-7-8-9-10-11-12-13-14-15-16-17-18-19-20-21-22(23)24;1-2-3-4-5-6/h2-21H2,1H3,(H,23,24);2-5H2,1H3. The largest absolute Gasteiger partial charge is 0.481 e. The molecule has 0 fully saturated rings. The summed E-state index contributed by atoms with van der Waals surface area (Å²) in [4.78, 5) is 10.4. The topological polar surface area (TPSA) is 37.3 Å². The minimum Gasteiger partial charge on any atom is -0.481 e.